The van der Waals surface area contributed by atoms with Crippen molar-refractivity contribution < 1.29 is 29.3 Å². The molecule has 2 N–H and O–H groups in total. The maximum Gasteiger partial charge on any atom is 0.410 e. The molecule has 2 aliphatic heterocycles. The zero-order valence-corrected chi connectivity index (χ0v) is 28.5. The molecule has 2 saturated heterocycles. The fourth-order valence-electron chi connectivity index (χ4n) is 5.05. The van der Waals surface area contributed by atoms with E-state index in [1.54, 1.807) is 9.80 Å². The molecule has 2 heterocycles. The van der Waals surface area contributed by atoms with E-state index in [1.807, 2.05) is 90.1 Å². The summed E-state index contributed by atoms with van der Waals surface area (Å²) in [5.74, 6) is 0.133. The highest BCUT2D eigenvalue weighted by atomic mass is 79.9. The molecule has 4 atom stereocenters. The zero-order chi connectivity index (χ0) is 31.2. The highest BCUT2D eigenvalue weighted by Gasteiger charge is 2.34. The third kappa shape index (κ3) is 10.5. The molecule has 2 aromatic rings. The van der Waals surface area contributed by atoms with Crippen molar-refractivity contribution in [2.75, 3.05) is 26.2 Å². The second kappa shape index (κ2) is 14.6. The van der Waals surface area contributed by atoms with Crippen LogP contribution in [0.4, 0.5) is 9.59 Å². The lowest BCUT2D eigenvalue weighted by atomic mass is 9.87. The number of aliphatic hydroxyl groups is 2. The van der Waals surface area contributed by atoms with E-state index in [1.165, 1.54) is 0 Å². The zero-order valence-electron chi connectivity index (χ0n) is 25.3. The molecule has 0 unspecified atom stereocenters. The lowest BCUT2D eigenvalue weighted by Gasteiger charge is -2.36. The predicted octanol–water partition coefficient (Wildman–Crippen LogP) is 7.07. The van der Waals surface area contributed by atoms with Crippen molar-refractivity contribution in [3.05, 3.63) is 68.6 Å². The molecule has 2 aromatic carbocycles. The number of likely N-dealkylation sites (tertiary alicyclic amines) is 2. The summed E-state index contributed by atoms with van der Waals surface area (Å²) in [5.41, 5.74) is 1.19. The van der Waals surface area contributed by atoms with Crippen molar-refractivity contribution in [2.45, 2.75) is 89.6 Å². The summed E-state index contributed by atoms with van der Waals surface area (Å²) < 4.78 is 12.7. The number of benzene rings is 2. The van der Waals surface area contributed by atoms with Crippen LogP contribution < -0.4 is 0 Å². The number of carbonyl (C=O) groups excluding carboxylic acids is 2. The molecule has 4 rings (SSSR count). The Morgan fingerprint density at radius 2 is 0.976 bits per heavy atom. The lowest BCUT2D eigenvalue weighted by Crippen LogP contribution is -2.47. The summed E-state index contributed by atoms with van der Waals surface area (Å²) in [4.78, 5) is 27.2. The topological polar surface area (TPSA) is 99.5 Å². The van der Waals surface area contributed by atoms with Crippen molar-refractivity contribution in [1.29, 1.82) is 0 Å². The van der Waals surface area contributed by atoms with Gasteiger partial charge in [-0.2, -0.15) is 0 Å². The molecule has 2 amide bonds. The van der Waals surface area contributed by atoms with E-state index in [0.717, 1.165) is 32.9 Å². The number of amides is 2. The molecule has 42 heavy (non-hydrogen) atoms. The Hall–Kier alpha value is -2.14. The van der Waals surface area contributed by atoms with Crippen LogP contribution in [0.5, 0.6) is 0 Å². The van der Waals surface area contributed by atoms with Gasteiger partial charge in [-0.15, -0.1) is 0 Å². The molecule has 2 fully saturated rings. The fourth-order valence-corrected chi connectivity index (χ4v) is 5.57. The second-order valence-corrected chi connectivity index (χ2v) is 14.7. The molecule has 8 nitrogen and oxygen atoms in total. The van der Waals surface area contributed by atoms with Gasteiger partial charge in [0.25, 0.3) is 0 Å². The van der Waals surface area contributed by atoms with Gasteiger partial charge in [0.1, 0.15) is 11.2 Å². The summed E-state index contributed by atoms with van der Waals surface area (Å²) in [7, 11) is 0. The summed E-state index contributed by atoms with van der Waals surface area (Å²) in [6.45, 7) is 12.9. The van der Waals surface area contributed by atoms with Crippen LogP contribution in [0.25, 0.3) is 0 Å². The summed E-state index contributed by atoms with van der Waals surface area (Å²) >= 11 is 6.82. The van der Waals surface area contributed by atoms with E-state index in [2.05, 4.69) is 31.9 Å². The van der Waals surface area contributed by atoms with Gasteiger partial charge in [0, 0.05) is 33.9 Å². The number of β-amino-alcohol motifs (C(OH)–C–C–N with tert-alkyl or cyclic N) is 2. The van der Waals surface area contributed by atoms with Gasteiger partial charge in [0.15, 0.2) is 0 Å². The van der Waals surface area contributed by atoms with Gasteiger partial charge in [0.2, 0.25) is 0 Å². The average Bonchev–Trinajstić information content (AvgIpc) is 2.88. The van der Waals surface area contributed by atoms with Gasteiger partial charge in [-0.05, 0) is 89.8 Å². The van der Waals surface area contributed by atoms with Crippen LogP contribution in [0.1, 0.15) is 77.3 Å². The SMILES string of the molecule is CC(C)(C)OC(=O)N1CC[C@@H](c2ccc(Br)cc2)[C@H](O)C1.CC(C)(C)OC(=O)N1CC[C@H](c2ccc(Br)cc2)[C@@H](O)C1. The average molecular weight is 713 g/mol. The molecule has 0 radical (unpaired) electrons. The van der Waals surface area contributed by atoms with Gasteiger partial charge >= 0.3 is 12.2 Å². The maximum absolute atomic E-state index is 12.0. The smallest absolute Gasteiger partial charge is 0.410 e. The molecular weight excluding hydrogens is 668 g/mol. The van der Waals surface area contributed by atoms with Crippen LogP contribution in [0.2, 0.25) is 0 Å². The summed E-state index contributed by atoms with van der Waals surface area (Å²) in [6, 6.07) is 16.0. The Kier molecular flexibility index (Phi) is 11.9. The van der Waals surface area contributed by atoms with Crippen molar-refractivity contribution in [2.24, 2.45) is 0 Å². The molecule has 0 aliphatic carbocycles. The van der Waals surface area contributed by atoms with Gasteiger partial charge in [-0.1, -0.05) is 56.1 Å². The summed E-state index contributed by atoms with van der Waals surface area (Å²) in [6.07, 6.45) is -0.351. The molecule has 0 bridgehead atoms. The first-order chi connectivity index (χ1) is 19.5. The largest absolute Gasteiger partial charge is 0.444 e. The van der Waals surface area contributed by atoms with E-state index < -0.39 is 23.4 Å². The minimum atomic E-state index is -0.563. The van der Waals surface area contributed by atoms with Crippen LogP contribution in [0.15, 0.2) is 57.5 Å². The minimum absolute atomic E-state index is 0.0665. The van der Waals surface area contributed by atoms with Crippen molar-refractivity contribution in [1.82, 2.24) is 9.80 Å². The molecule has 0 aromatic heterocycles. The molecule has 2 aliphatic rings. The van der Waals surface area contributed by atoms with E-state index in [-0.39, 0.29) is 24.0 Å². The van der Waals surface area contributed by atoms with Gasteiger partial charge in [0.05, 0.1) is 25.3 Å². The first-order valence-corrected chi connectivity index (χ1v) is 15.9. The monoisotopic (exact) mass is 710 g/mol. The second-order valence-electron chi connectivity index (χ2n) is 12.9. The van der Waals surface area contributed by atoms with E-state index in [9.17, 15) is 19.8 Å². The number of ether oxygens (including phenoxy) is 2. The first kappa shape index (κ1) is 34.4. The van der Waals surface area contributed by atoms with Crippen LogP contribution in [-0.2, 0) is 9.47 Å². The van der Waals surface area contributed by atoms with E-state index in [4.69, 9.17) is 9.47 Å². The number of hydrogen-bond acceptors (Lipinski definition) is 6. The van der Waals surface area contributed by atoms with Crippen LogP contribution in [0.3, 0.4) is 0 Å². The predicted molar refractivity (Wildman–Crippen MR) is 171 cm³/mol. The first-order valence-electron chi connectivity index (χ1n) is 14.4. The van der Waals surface area contributed by atoms with Crippen molar-refractivity contribution in [3.8, 4) is 0 Å². The van der Waals surface area contributed by atoms with Gasteiger partial charge in [-0.25, -0.2) is 9.59 Å². The number of piperidine rings is 2. The van der Waals surface area contributed by atoms with Crippen LogP contribution in [-0.4, -0.2) is 81.8 Å². The quantitative estimate of drug-likeness (QED) is 0.346. The third-order valence-electron chi connectivity index (χ3n) is 7.06. The Labute approximate surface area is 266 Å². The third-order valence-corrected chi connectivity index (χ3v) is 8.12. The number of hydrogen-bond donors (Lipinski definition) is 2. The van der Waals surface area contributed by atoms with E-state index >= 15 is 0 Å². The number of rotatable bonds is 2. The molecule has 0 saturated carbocycles. The lowest BCUT2D eigenvalue weighted by molar-refractivity contribution is -0.00194. The summed E-state index contributed by atoms with van der Waals surface area (Å²) in [5, 5.41) is 20.7. The number of nitrogens with zero attached hydrogens (tertiary/aromatic N) is 2. The highest BCUT2D eigenvalue weighted by Crippen LogP contribution is 2.31. The Morgan fingerprint density at radius 3 is 1.24 bits per heavy atom. The van der Waals surface area contributed by atoms with Crippen LogP contribution in [0, 0.1) is 0 Å². The molecular formula is C32H44Br2N2O6. The molecule has 232 valence electrons. The normalized spacial score (nSPS) is 23.0. The Morgan fingerprint density at radius 1 is 0.667 bits per heavy atom. The minimum Gasteiger partial charge on any atom is -0.444 e. The Bertz CT molecular complexity index is 1080. The maximum atomic E-state index is 12.0. The standard InChI is InChI=1S/2C16H22BrNO3/c2*1-16(2,3)21-15(20)18-9-8-13(14(19)10-18)11-4-6-12(17)7-5-11/h2*4-7,13-14,19H,8-10H2,1-3H3/t2*13-,14+/m10/s1. The number of halogens is 2. The molecule has 10 heteroatoms. The fraction of sp³-hybridized carbons (Fsp3) is 0.562. The van der Waals surface area contributed by atoms with Crippen molar-refractivity contribution in [3.63, 3.8) is 0 Å². The van der Waals surface area contributed by atoms with Gasteiger partial charge < -0.3 is 29.5 Å². The van der Waals surface area contributed by atoms with Crippen molar-refractivity contribution >= 4 is 44.0 Å². The van der Waals surface area contributed by atoms with E-state index in [0.29, 0.717) is 26.2 Å². The highest BCUT2D eigenvalue weighted by molar-refractivity contribution is 9.10. The van der Waals surface area contributed by atoms with Gasteiger partial charge in [-0.3, -0.25) is 0 Å². The Balaban J connectivity index is 0.000000230. The number of carbonyl (C=O) groups is 2. The molecule has 0 spiro atoms. The van der Waals surface area contributed by atoms with Crippen LogP contribution >= 0.6 is 31.9 Å². The number of aliphatic hydroxyl groups excluding tert-OH is 2.